The quantitative estimate of drug-likeness (QED) is 0.646. The molecule has 0 saturated carbocycles. The van der Waals surface area contributed by atoms with Crippen molar-refractivity contribution in [3.8, 4) is 0 Å². The van der Waals surface area contributed by atoms with Gasteiger partial charge < -0.3 is 5.32 Å². The lowest BCUT2D eigenvalue weighted by atomic mass is 10.2. The molecule has 1 aliphatic rings. The molecule has 7 heteroatoms. The summed E-state index contributed by atoms with van der Waals surface area (Å²) in [6.45, 7) is 1.88. The zero-order chi connectivity index (χ0) is 17.3. The Labute approximate surface area is 158 Å². The molecule has 122 valence electrons. The second kappa shape index (κ2) is 7.19. The number of amides is 1. The lowest BCUT2D eigenvalue weighted by Gasteiger charge is -2.02. The number of thioether (sulfide) groups is 1. The molecule has 1 saturated heterocycles. The van der Waals surface area contributed by atoms with Crippen LogP contribution >= 0.6 is 46.6 Å². The number of halogens is 3. The van der Waals surface area contributed by atoms with Crippen LogP contribution in [0.5, 0.6) is 0 Å². The minimum atomic E-state index is -0.227. The maximum atomic E-state index is 12.1. The van der Waals surface area contributed by atoms with Crippen LogP contribution in [0.15, 0.2) is 46.3 Å². The Morgan fingerprint density at radius 2 is 1.79 bits per heavy atom. The molecule has 0 spiro atoms. The molecule has 0 bridgehead atoms. The monoisotopic (exact) mass is 396 g/mol. The predicted molar refractivity (Wildman–Crippen MR) is 103 cm³/mol. The maximum Gasteiger partial charge on any atom is 0.264 e. The average Bonchev–Trinajstić information content (AvgIpc) is 2.88. The summed E-state index contributed by atoms with van der Waals surface area (Å²) >= 11 is 19.5. The summed E-state index contributed by atoms with van der Waals surface area (Å²) < 4.78 is 0. The van der Waals surface area contributed by atoms with Gasteiger partial charge in [0.05, 0.1) is 20.6 Å². The van der Waals surface area contributed by atoms with Crippen molar-refractivity contribution in [3.63, 3.8) is 0 Å². The molecular weight excluding hydrogens is 387 g/mol. The Bertz CT molecular complexity index is 893. The lowest BCUT2D eigenvalue weighted by Crippen LogP contribution is -2.19. The van der Waals surface area contributed by atoms with E-state index in [9.17, 15) is 4.79 Å². The van der Waals surface area contributed by atoms with Crippen LogP contribution in [0.3, 0.4) is 0 Å². The minimum Gasteiger partial charge on any atom is -0.300 e. The van der Waals surface area contributed by atoms with E-state index >= 15 is 0 Å². The molecule has 2 aromatic carbocycles. The first-order valence-corrected chi connectivity index (χ1v) is 8.89. The van der Waals surface area contributed by atoms with Gasteiger partial charge in [-0.3, -0.25) is 4.79 Å². The number of rotatable bonds is 2. The first kappa shape index (κ1) is 17.4. The van der Waals surface area contributed by atoms with Gasteiger partial charge in [0.1, 0.15) is 0 Å². The fraction of sp³-hybridized carbons (Fsp3) is 0.0588. The van der Waals surface area contributed by atoms with E-state index in [1.54, 1.807) is 30.3 Å². The molecule has 0 aromatic heterocycles. The number of aliphatic imine (C=N–C) groups is 1. The number of benzene rings is 2. The van der Waals surface area contributed by atoms with Gasteiger partial charge in [0.15, 0.2) is 5.17 Å². The van der Waals surface area contributed by atoms with E-state index in [1.807, 2.05) is 19.1 Å². The molecule has 24 heavy (non-hydrogen) atoms. The van der Waals surface area contributed by atoms with E-state index in [2.05, 4.69) is 10.3 Å². The number of carbonyl (C=O) groups excluding carboxylic acids is 1. The van der Waals surface area contributed by atoms with Crippen molar-refractivity contribution in [3.05, 3.63) is 67.5 Å². The number of carbonyl (C=O) groups is 1. The van der Waals surface area contributed by atoms with Gasteiger partial charge in [0, 0.05) is 5.02 Å². The molecule has 1 N–H and O–H groups in total. The van der Waals surface area contributed by atoms with Crippen molar-refractivity contribution in [2.24, 2.45) is 4.99 Å². The van der Waals surface area contributed by atoms with Crippen LogP contribution in [0, 0.1) is 6.92 Å². The van der Waals surface area contributed by atoms with Crippen LogP contribution < -0.4 is 5.32 Å². The molecule has 0 radical (unpaired) electrons. The Hall–Kier alpha value is -1.46. The highest BCUT2D eigenvalue weighted by Gasteiger charge is 2.24. The zero-order valence-corrected chi connectivity index (χ0v) is 15.5. The Balaban J connectivity index is 1.91. The van der Waals surface area contributed by atoms with Gasteiger partial charge in [0.2, 0.25) is 0 Å². The van der Waals surface area contributed by atoms with Gasteiger partial charge in [-0.15, -0.1) is 0 Å². The summed E-state index contributed by atoms with van der Waals surface area (Å²) in [5.41, 5.74) is 2.26. The summed E-state index contributed by atoms with van der Waals surface area (Å²) in [7, 11) is 0. The van der Waals surface area contributed by atoms with Gasteiger partial charge in [0.25, 0.3) is 5.91 Å². The molecule has 1 aliphatic heterocycles. The van der Waals surface area contributed by atoms with Crippen LogP contribution in [-0.2, 0) is 4.79 Å². The van der Waals surface area contributed by atoms with Gasteiger partial charge in [-0.2, -0.15) is 0 Å². The van der Waals surface area contributed by atoms with E-state index in [4.69, 9.17) is 34.8 Å². The van der Waals surface area contributed by atoms with Crippen molar-refractivity contribution in [1.82, 2.24) is 5.32 Å². The molecule has 2 aromatic rings. The summed E-state index contributed by atoms with van der Waals surface area (Å²) in [4.78, 5) is 17.1. The van der Waals surface area contributed by atoms with Crippen molar-refractivity contribution in [2.75, 3.05) is 0 Å². The van der Waals surface area contributed by atoms with Crippen molar-refractivity contribution >= 4 is 69.4 Å². The van der Waals surface area contributed by atoms with Crippen LogP contribution in [0.1, 0.15) is 11.1 Å². The molecule has 1 heterocycles. The third-order valence-corrected chi connectivity index (χ3v) is 5.53. The first-order chi connectivity index (χ1) is 11.5. The summed E-state index contributed by atoms with van der Waals surface area (Å²) in [6, 6.07) is 10.7. The lowest BCUT2D eigenvalue weighted by molar-refractivity contribution is -0.115. The zero-order valence-electron chi connectivity index (χ0n) is 12.4. The number of nitrogens with zero attached hydrogens (tertiary/aromatic N) is 1. The number of hydrogen-bond acceptors (Lipinski definition) is 3. The van der Waals surface area contributed by atoms with Gasteiger partial charge in [-0.1, -0.05) is 53.0 Å². The third kappa shape index (κ3) is 3.62. The van der Waals surface area contributed by atoms with Gasteiger partial charge in [-0.05, 0) is 54.1 Å². The van der Waals surface area contributed by atoms with Crippen LogP contribution in [0.2, 0.25) is 15.1 Å². The van der Waals surface area contributed by atoms with Gasteiger partial charge in [-0.25, -0.2) is 4.99 Å². The molecule has 1 amide bonds. The van der Waals surface area contributed by atoms with E-state index in [0.29, 0.717) is 36.4 Å². The molecule has 3 nitrogen and oxygen atoms in total. The van der Waals surface area contributed by atoms with Crippen LogP contribution in [0.4, 0.5) is 5.69 Å². The highest BCUT2D eigenvalue weighted by molar-refractivity contribution is 8.18. The molecule has 1 fully saturated rings. The number of hydrogen-bond donors (Lipinski definition) is 1. The summed E-state index contributed by atoms with van der Waals surface area (Å²) in [6.07, 6.45) is 1.70. The fourth-order valence-corrected chi connectivity index (χ4v) is 3.44. The van der Waals surface area contributed by atoms with Crippen molar-refractivity contribution < 1.29 is 4.79 Å². The highest BCUT2D eigenvalue weighted by atomic mass is 35.5. The standard InChI is InChI=1S/C17H11Cl3N2OS/c1-9-11(18)5-3-7-13(9)21-17-22-16(23)14(24-17)8-10-4-2-6-12(19)15(10)20/h2-8H,1H3,(H,21,22,23). The molecule has 0 aliphatic carbocycles. The predicted octanol–water partition coefficient (Wildman–Crippen LogP) is 5.85. The SMILES string of the molecule is Cc1c(Cl)cccc1N=C1NC(=O)C(=Cc2cccc(Cl)c2Cl)S1. The van der Waals surface area contributed by atoms with Crippen molar-refractivity contribution in [1.29, 1.82) is 0 Å². The largest absolute Gasteiger partial charge is 0.300 e. The molecule has 3 rings (SSSR count). The van der Waals surface area contributed by atoms with Crippen molar-refractivity contribution in [2.45, 2.75) is 6.92 Å². The third-order valence-electron chi connectivity index (χ3n) is 3.38. The fourth-order valence-electron chi connectivity index (χ4n) is 2.08. The van der Waals surface area contributed by atoms with E-state index in [1.165, 1.54) is 11.8 Å². The molecule has 0 atom stereocenters. The smallest absolute Gasteiger partial charge is 0.264 e. The Kier molecular flexibility index (Phi) is 5.21. The normalized spacial score (nSPS) is 17.6. The van der Waals surface area contributed by atoms with E-state index < -0.39 is 0 Å². The summed E-state index contributed by atoms with van der Waals surface area (Å²) in [5, 5.41) is 4.72. The number of nitrogens with one attached hydrogen (secondary N) is 1. The second-order valence-corrected chi connectivity index (χ2v) is 7.23. The second-order valence-electron chi connectivity index (χ2n) is 5.01. The Morgan fingerprint density at radius 1 is 1.08 bits per heavy atom. The number of amidine groups is 1. The average molecular weight is 398 g/mol. The topological polar surface area (TPSA) is 41.5 Å². The highest BCUT2D eigenvalue weighted by Crippen LogP contribution is 2.33. The van der Waals surface area contributed by atoms with Crippen LogP contribution in [-0.4, -0.2) is 11.1 Å². The molecular formula is C17H11Cl3N2OS. The first-order valence-electron chi connectivity index (χ1n) is 6.94. The van der Waals surface area contributed by atoms with Gasteiger partial charge >= 0.3 is 0 Å². The van der Waals surface area contributed by atoms with E-state index in [-0.39, 0.29) is 5.91 Å². The van der Waals surface area contributed by atoms with Crippen LogP contribution in [0.25, 0.3) is 6.08 Å². The maximum absolute atomic E-state index is 12.1. The Morgan fingerprint density at radius 3 is 2.58 bits per heavy atom. The van der Waals surface area contributed by atoms with E-state index in [0.717, 1.165) is 5.56 Å². The molecule has 0 unspecified atom stereocenters. The summed E-state index contributed by atoms with van der Waals surface area (Å²) in [5.74, 6) is -0.227. The minimum absolute atomic E-state index is 0.227.